The Morgan fingerprint density at radius 1 is 1.23 bits per heavy atom. The zero-order valence-electron chi connectivity index (χ0n) is 19.6. The fourth-order valence-electron chi connectivity index (χ4n) is 2.92. The molecule has 2 aromatic rings. The highest BCUT2D eigenvalue weighted by atomic mass is 35.5. The average molecular weight is 545 g/mol. The van der Waals surface area contributed by atoms with Crippen molar-refractivity contribution in [2.75, 3.05) is 32.2 Å². The van der Waals surface area contributed by atoms with Crippen LogP contribution in [0.4, 0.5) is 10.1 Å². The minimum Gasteiger partial charge on any atom is -0.462 e. The molecule has 35 heavy (non-hydrogen) atoms. The number of nitrogens with zero attached hydrogens (tertiary/aromatic N) is 1. The van der Waals surface area contributed by atoms with Gasteiger partial charge in [-0.1, -0.05) is 23.7 Å². The van der Waals surface area contributed by atoms with Gasteiger partial charge in [-0.3, -0.25) is 9.10 Å². The molecular formula is C23H26ClFN2O6S2. The molecule has 0 saturated heterocycles. The number of sulfonamides is 1. The molecule has 8 nitrogen and oxygen atoms in total. The standard InChI is InChI=1S/C23H26ClFN2O6S2/c1-5-18(17(25)11-12-32-6-2)27(4)35(30,31)19-14-20(24)34-21(19)22(28)26-16-10-8-9-15(13-16)23(29)33-7-3/h5,8-11,13-14H,6-7,12H2,1-4H3,(H,26,28)/b17-11+,18-5+. The quantitative estimate of drug-likeness (QED) is 0.236. The average Bonchev–Trinajstić information content (AvgIpc) is 3.22. The minimum atomic E-state index is -4.37. The Labute approximate surface area is 213 Å². The van der Waals surface area contributed by atoms with E-state index in [-0.39, 0.29) is 44.3 Å². The van der Waals surface area contributed by atoms with E-state index < -0.39 is 27.7 Å². The second-order valence-corrected chi connectivity index (χ2v) is 10.5. The van der Waals surface area contributed by atoms with Crippen LogP contribution in [0.3, 0.4) is 0 Å². The van der Waals surface area contributed by atoms with Crippen LogP contribution in [-0.2, 0) is 19.5 Å². The fourth-order valence-corrected chi connectivity index (χ4v) is 5.86. The van der Waals surface area contributed by atoms with Gasteiger partial charge in [-0.2, -0.15) is 0 Å². The molecule has 0 aliphatic rings. The van der Waals surface area contributed by atoms with Crippen LogP contribution in [0, 0.1) is 0 Å². The molecule has 1 heterocycles. The van der Waals surface area contributed by atoms with Crippen LogP contribution in [0.1, 0.15) is 40.8 Å². The van der Waals surface area contributed by atoms with Gasteiger partial charge < -0.3 is 14.8 Å². The van der Waals surface area contributed by atoms with E-state index in [2.05, 4.69) is 5.32 Å². The first-order valence-electron chi connectivity index (χ1n) is 10.5. The predicted molar refractivity (Wildman–Crippen MR) is 134 cm³/mol. The third-order valence-corrected chi connectivity index (χ3v) is 7.77. The summed E-state index contributed by atoms with van der Waals surface area (Å²) in [5, 5.41) is 2.57. The molecule has 1 N–H and O–H groups in total. The second kappa shape index (κ2) is 12.8. The predicted octanol–water partition coefficient (Wildman–Crippen LogP) is 5.24. The summed E-state index contributed by atoms with van der Waals surface area (Å²) >= 11 is 6.82. The number of halogens is 2. The van der Waals surface area contributed by atoms with Gasteiger partial charge in [0.15, 0.2) is 0 Å². The molecule has 0 bridgehead atoms. The van der Waals surface area contributed by atoms with Crippen LogP contribution in [-0.4, -0.2) is 51.5 Å². The maximum atomic E-state index is 14.7. The van der Waals surface area contributed by atoms with Crippen molar-refractivity contribution in [1.29, 1.82) is 0 Å². The zero-order valence-corrected chi connectivity index (χ0v) is 22.0. The lowest BCUT2D eigenvalue weighted by Gasteiger charge is -2.21. The van der Waals surface area contributed by atoms with Gasteiger partial charge in [0.2, 0.25) is 0 Å². The Kier molecular flexibility index (Phi) is 10.4. The number of carbonyl (C=O) groups excluding carboxylic acids is 2. The highest BCUT2D eigenvalue weighted by molar-refractivity contribution is 7.89. The van der Waals surface area contributed by atoms with Gasteiger partial charge >= 0.3 is 5.97 Å². The molecule has 0 radical (unpaired) electrons. The normalized spacial score (nSPS) is 12.4. The van der Waals surface area contributed by atoms with Gasteiger partial charge in [0, 0.05) is 19.3 Å². The number of likely N-dealkylation sites (N-methyl/N-ethyl adjacent to an activating group) is 1. The van der Waals surface area contributed by atoms with Crippen LogP contribution >= 0.6 is 22.9 Å². The maximum Gasteiger partial charge on any atom is 0.338 e. The lowest BCUT2D eigenvalue weighted by Crippen LogP contribution is -2.28. The van der Waals surface area contributed by atoms with Gasteiger partial charge in [0.05, 0.1) is 28.8 Å². The Bertz CT molecular complexity index is 1240. The molecule has 0 unspecified atom stereocenters. The van der Waals surface area contributed by atoms with Crippen molar-refractivity contribution >= 4 is 50.5 Å². The van der Waals surface area contributed by atoms with E-state index in [0.717, 1.165) is 27.8 Å². The van der Waals surface area contributed by atoms with Crippen molar-refractivity contribution in [3.05, 3.63) is 68.8 Å². The molecule has 1 amide bonds. The van der Waals surface area contributed by atoms with E-state index in [0.29, 0.717) is 6.61 Å². The first kappa shape index (κ1) is 28.5. The summed E-state index contributed by atoms with van der Waals surface area (Å²) in [7, 11) is -3.19. The number of nitrogens with one attached hydrogen (secondary N) is 1. The molecule has 0 spiro atoms. The summed E-state index contributed by atoms with van der Waals surface area (Å²) in [6.07, 6.45) is 2.42. The van der Waals surface area contributed by atoms with Crippen molar-refractivity contribution in [2.45, 2.75) is 25.7 Å². The molecular weight excluding hydrogens is 519 g/mol. The highest BCUT2D eigenvalue weighted by Gasteiger charge is 2.31. The van der Waals surface area contributed by atoms with Crippen molar-refractivity contribution in [2.24, 2.45) is 0 Å². The number of anilines is 1. The lowest BCUT2D eigenvalue weighted by atomic mass is 10.2. The van der Waals surface area contributed by atoms with Crippen molar-refractivity contribution in [3.63, 3.8) is 0 Å². The molecule has 0 fully saturated rings. The number of thiophene rings is 1. The van der Waals surface area contributed by atoms with E-state index in [4.69, 9.17) is 21.1 Å². The summed E-state index contributed by atoms with van der Waals surface area (Å²) in [5.74, 6) is -2.12. The number of esters is 1. The SMILES string of the molecule is C/C=C(\C(F)=C/COCC)N(C)S(=O)(=O)c1cc(Cl)sc1C(=O)Nc1cccc(C(=O)OCC)c1. The smallest absolute Gasteiger partial charge is 0.338 e. The highest BCUT2D eigenvalue weighted by Crippen LogP contribution is 2.34. The monoisotopic (exact) mass is 544 g/mol. The molecule has 0 aliphatic carbocycles. The molecule has 12 heteroatoms. The molecule has 2 rings (SSSR count). The van der Waals surface area contributed by atoms with Crippen molar-refractivity contribution < 1.29 is 31.9 Å². The van der Waals surface area contributed by atoms with Gasteiger partial charge in [-0.25, -0.2) is 17.6 Å². The van der Waals surface area contributed by atoms with Crippen LogP contribution in [0.5, 0.6) is 0 Å². The molecule has 0 atom stereocenters. The number of carbonyl (C=O) groups is 2. The van der Waals surface area contributed by atoms with Crippen molar-refractivity contribution in [3.8, 4) is 0 Å². The number of allylic oxidation sites excluding steroid dienone is 2. The van der Waals surface area contributed by atoms with Gasteiger partial charge in [0.25, 0.3) is 15.9 Å². The molecule has 1 aromatic carbocycles. The van der Waals surface area contributed by atoms with Crippen LogP contribution in [0.25, 0.3) is 0 Å². The third-order valence-electron chi connectivity index (χ3n) is 4.59. The van der Waals surface area contributed by atoms with E-state index >= 15 is 0 Å². The fraction of sp³-hybridized carbons (Fsp3) is 0.304. The first-order chi connectivity index (χ1) is 16.6. The summed E-state index contributed by atoms with van der Waals surface area (Å²) in [5.41, 5.74) is 0.245. The van der Waals surface area contributed by atoms with Crippen molar-refractivity contribution in [1.82, 2.24) is 4.31 Å². The molecule has 1 aromatic heterocycles. The Hall–Kier alpha value is -2.73. The van der Waals surface area contributed by atoms with Crippen LogP contribution in [0.2, 0.25) is 4.34 Å². The number of benzene rings is 1. The van der Waals surface area contributed by atoms with E-state index in [9.17, 15) is 22.4 Å². The van der Waals surface area contributed by atoms with E-state index in [1.807, 2.05) is 0 Å². The molecule has 0 saturated carbocycles. The topological polar surface area (TPSA) is 102 Å². The third kappa shape index (κ3) is 7.14. The van der Waals surface area contributed by atoms with Gasteiger partial charge in [0.1, 0.15) is 15.6 Å². The molecule has 0 aliphatic heterocycles. The molecule has 190 valence electrons. The Morgan fingerprint density at radius 2 is 1.94 bits per heavy atom. The first-order valence-corrected chi connectivity index (χ1v) is 13.2. The summed E-state index contributed by atoms with van der Waals surface area (Å²) in [4.78, 5) is 24.4. The largest absolute Gasteiger partial charge is 0.462 e. The van der Waals surface area contributed by atoms with Crippen LogP contribution < -0.4 is 5.32 Å². The number of amides is 1. The minimum absolute atomic E-state index is 0.0314. The number of rotatable bonds is 11. The Balaban J connectivity index is 2.37. The maximum absolute atomic E-state index is 14.7. The Morgan fingerprint density at radius 3 is 2.57 bits per heavy atom. The number of ether oxygens (including phenoxy) is 2. The van der Waals surface area contributed by atoms with E-state index in [1.54, 1.807) is 19.9 Å². The van der Waals surface area contributed by atoms with Gasteiger partial charge in [-0.15, -0.1) is 11.3 Å². The number of hydrogen-bond donors (Lipinski definition) is 1. The summed E-state index contributed by atoms with van der Waals surface area (Å²) in [6, 6.07) is 7.14. The van der Waals surface area contributed by atoms with Gasteiger partial charge in [-0.05, 0) is 51.1 Å². The second-order valence-electron chi connectivity index (χ2n) is 6.86. The zero-order chi connectivity index (χ0) is 26.2. The lowest BCUT2D eigenvalue weighted by molar-refractivity contribution is 0.0526. The van der Waals surface area contributed by atoms with Crippen LogP contribution in [0.15, 0.2) is 58.9 Å². The van der Waals surface area contributed by atoms with E-state index in [1.165, 1.54) is 38.2 Å². The summed E-state index contributed by atoms with van der Waals surface area (Å²) in [6.45, 7) is 5.43. The summed E-state index contributed by atoms with van der Waals surface area (Å²) < 4.78 is 52.2. The number of hydrogen-bond acceptors (Lipinski definition) is 7.